The van der Waals surface area contributed by atoms with E-state index in [1.54, 1.807) is 23.1 Å². The normalized spacial score (nSPS) is 19.3. The third-order valence-electron chi connectivity index (χ3n) is 2.53. The fourth-order valence-corrected chi connectivity index (χ4v) is 3.57. The maximum Gasteiger partial charge on any atom is 0.242 e. The van der Waals surface area contributed by atoms with Crippen molar-refractivity contribution in [1.29, 1.82) is 0 Å². The van der Waals surface area contributed by atoms with Crippen LogP contribution in [0.25, 0.3) is 10.2 Å². The summed E-state index contributed by atoms with van der Waals surface area (Å²) >= 11 is 3.17. The SMILES string of the molecule is CSC1C(=O)Nc2ccc3ncsc3c21. The zero-order chi connectivity index (χ0) is 10.4. The van der Waals surface area contributed by atoms with Crippen LogP contribution in [0.2, 0.25) is 0 Å². The number of benzene rings is 1. The average molecular weight is 236 g/mol. The molecule has 0 bridgehead atoms. The molecule has 3 rings (SSSR count). The van der Waals surface area contributed by atoms with E-state index in [0.717, 1.165) is 21.5 Å². The van der Waals surface area contributed by atoms with E-state index in [-0.39, 0.29) is 11.2 Å². The van der Waals surface area contributed by atoms with Crippen LogP contribution in [0.4, 0.5) is 5.69 Å². The van der Waals surface area contributed by atoms with E-state index < -0.39 is 0 Å². The summed E-state index contributed by atoms with van der Waals surface area (Å²) in [6.45, 7) is 0. The Balaban J connectivity index is 2.34. The number of amides is 1. The number of hydrogen-bond acceptors (Lipinski definition) is 4. The highest BCUT2D eigenvalue weighted by Gasteiger charge is 2.32. The number of fused-ring (bicyclic) bond motifs is 3. The van der Waals surface area contributed by atoms with Gasteiger partial charge in [0.2, 0.25) is 5.91 Å². The summed E-state index contributed by atoms with van der Waals surface area (Å²) in [5.74, 6) is 0.0819. The fraction of sp³-hybridized carbons (Fsp3) is 0.200. The molecule has 1 aromatic heterocycles. The Hall–Kier alpha value is -1.07. The number of nitrogens with zero attached hydrogens (tertiary/aromatic N) is 1. The molecule has 1 unspecified atom stereocenters. The number of hydrogen-bond donors (Lipinski definition) is 1. The first-order valence-corrected chi connectivity index (χ1v) is 6.68. The number of thioether (sulfide) groups is 1. The Bertz CT molecular complexity index is 549. The molecule has 0 saturated carbocycles. The van der Waals surface area contributed by atoms with Gasteiger partial charge in [-0.25, -0.2) is 4.98 Å². The minimum atomic E-state index is -0.0795. The predicted octanol–water partition coefficient (Wildman–Crippen LogP) is 2.65. The van der Waals surface area contributed by atoms with Gasteiger partial charge in [-0.15, -0.1) is 23.1 Å². The molecule has 1 aliphatic rings. The molecule has 1 N–H and O–H groups in total. The van der Waals surface area contributed by atoms with Crippen molar-refractivity contribution in [2.75, 3.05) is 11.6 Å². The zero-order valence-corrected chi connectivity index (χ0v) is 9.61. The lowest BCUT2D eigenvalue weighted by atomic mass is 10.1. The van der Waals surface area contributed by atoms with Gasteiger partial charge >= 0.3 is 0 Å². The number of anilines is 1. The standard InChI is InChI=1S/C10H8N2OS2/c1-14-9-7-5(12-10(9)13)2-3-6-8(7)15-4-11-6/h2-4,9H,1H3,(H,12,13). The molecule has 0 fully saturated rings. The largest absolute Gasteiger partial charge is 0.324 e. The third-order valence-corrected chi connectivity index (χ3v) is 4.33. The monoisotopic (exact) mass is 236 g/mol. The summed E-state index contributed by atoms with van der Waals surface area (Å²) in [7, 11) is 0. The summed E-state index contributed by atoms with van der Waals surface area (Å²) in [4.78, 5) is 15.9. The van der Waals surface area contributed by atoms with Crippen molar-refractivity contribution in [3.8, 4) is 0 Å². The molecule has 1 atom stereocenters. The van der Waals surface area contributed by atoms with E-state index in [1.165, 1.54) is 0 Å². The minimum Gasteiger partial charge on any atom is -0.324 e. The Morgan fingerprint density at radius 1 is 1.53 bits per heavy atom. The van der Waals surface area contributed by atoms with Crippen molar-refractivity contribution >= 4 is 44.9 Å². The van der Waals surface area contributed by atoms with Gasteiger partial charge in [0.1, 0.15) is 5.25 Å². The number of carbonyl (C=O) groups excluding carboxylic acids is 1. The van der Waals surface area contributed by atoms with Crippen molar-refractivity contribution in [2.24, 2.45) is 0 Å². The second kappa shape index (κ2) is 3.21. The van der Waals surface area contributed by atoms with Gasteiger partial charge in [-0.2, -0.15) is 0 Å². The maximum absolute atomic E-state index is 11.7. The molecule has 0 aliphatic carbocycles. The quantitative estimate of drug-likeness (QED) is 0.827. The van der Waals surface area contributed by atoms with Gasteiger partial charge in [0, 0.05) is 11.3 Å². The summed E-state index contributed by atoms with van der Waals surface area (Å²) in [6.07, 6.45) is 1.96. The van der Waals surface area contributed by atoms with Gasteiger partial charge in [-0.05, 0) is 18.4 Å². The molecular weight excluding hydrogens is 228 g/mol. The van der Waals surface area contributed by atoms with Crippen LogP contribution in [-0.4, -0.2) is 17.1 Å². The van der Waals surface area contributed by atoms with E-state index in [1.807, 2.05) is 23.9 Å². The summed E-state index contributed by atoms with van der Waals surface area (Å²) < 4.78 is 1.13. The van der Waals surface area contributed by atoms with Gasteiger partial charge in [-0.3, -0.25) is 4.79 Å². The van der Waals surface area contributed by atoms with Crippen LogP contribution in [0.3, 0.4) is 0 Å². The molecule has 76 valence electrons. The van der Waals surface area contributed by atoms with E-state index in [4.69, 9.17) is 0 Å². The van der Waals surface area contributed by atoms with Gasteiger partial charge in [0.05, 0.1) is 15.7 Å². The van der Waals surface area contributed by atoms with Crippen LogP contribution in [-0.2, 0) is 4.79 Å². The summed E-state index contributed by atoms with van der Waals surface area (Å²) in [5.41, 5.74) is 4.85. The van der Waals surface area contributed by atoms with Crippen molar-refractivity contribution in [3.63, 3.8) is 0 Å². The average Bonchev–Trinajstić information content (AvgIpc) is 2.78. The van der Waals surface area contributed by atoms with Crippen molar-refractivity contribution in [2.45, 2.75) is 5.25 Å². The lowest BCUT2D eigenvalue weighted by Gasteiger charge is -2.04. The molecule has 2 heterocycles. The highest BCUT2D eigenvalue weighted by molar-refractivity contribution is 7.99. The first kappa shape index (κ1) is 9.18. The second-order valence-corrected chi connectivity index (χ2v) is 5.13. The van der Waals surface area contributed by atoms with Crippen molar-refractivity contribution in [3.05, 3.63) is 23.2 Å². The van der Waals surface area contributed by atoms with Crippen LogP contribution >= 0.6 is 23.1 Å². The van der Waals surface area contributed by atoms with Crippen LogP contribution in [0.15, 0.2) is 17.6 Å². The lowest BCUT2D eigenvalue weighted by molar-refractivity contribution is -0.115. The minimum absolute atomic E-state index is 0.0795. The fourth-order valence-electron chi connectivity index (χ4n) is 1.87. The molecule has 3 nitrogen and oxygen atoms in total. The van der Waals surface area contributed by atoms with E-state index in [0.29, 0.717) is 0 Å². The van der Waals surface area contributed by atoms with E-state index >= 15 is 0 Å². The van der Waals surface area contributed by atoms with E-state index in [2.05, 4.69) is 10.3 Å². The molecule has 5 heteroatoms. The maximum atomic E-state index is 11.7. The van der Waals surface area contributed by atoms with Gasteiger partial charge in [0.15, 0.2) is 0 Å². The highest BCUT2D eigenvalue weighted by Crippen LogP contribution is 2.43. The number of nitrogens with one attached hydrogen (secondary N) is 1. The zero-order valence-electron chi connectivity index (χ0n) is 7.98. The van der Waals surface area contributed by atoms with Gasteiger partial charge in [0.25, 0.3) is 0 Å². The Labute approximate surface area is 94.9 Å². The number of rotatable bonds is 1. The van der Waals surface area contributed by atoms with E-state index in [9.17, 15) is 4.79 Å². The topological polar surface area (TPSA) is 42.0 Å². The lowest BCUT2D eigenvalue weighted by Crippen LogP contribution is -2.08. The molecule has 0 radical (unpaired) electrons. The van der Waals surface area contributed by atoms with Crippen LogP contribution in [0.1, 0.15) is 10.8 Å². The number of thiazole rings is 1. The predicted molar refractivity (Wildman–Crippen MR) is 64.5 cm³/mol. The highest BCUT2D eigenvalue weighted by atomic mass is 32.2. The first-order valence-electron chi connectivity index (χ1n) is 4.51. The van der Waals surface area contributed by atoms with Gasteiger partial charge in [-0.1, -0.05) is 0 Å². The Morgan fingerprint density at radius 2 is 2.40 bits per heavy atom. The molecule has 15 heavy (non-hydrogen) atoms. The molecule has 2 aromatic rings. The van der Waals surface area contributed by atoms with Crippen molar-refractivity contribution < 1.29 is 4.79 Å². The first-order chi connectivity index (χ1) is 7.31. The van der Waals surface area contributed by atoms with Crippen molar-refractivity contribution in [1.82, 2.24) is 4.98 Å². The summed E-state index contributed by atoms with van der Waals surface area (Å²) in [6, 6.07) is 3.89. The molecule has 1 amide bonds. The Kier molecular flexibility index (Phi) is 1.97. The van der Waals surface area contributed by atoms with Crippen LogP contribution in [0, 0.1) is 0 Å². The van der Waals surface area contributed by atoms with Crippen LogP contribution < -0.4 is 5.32 Å². The van der Waals surface area contributed by atoms with Gasteiger partial charge < -0.3 is 5.32 Å². The molecular formula is C10H8N2OS2. The second-order valence-electron chi connectivity index (χ2n) is 3.33. The Morgan fingerprint density at radius 3 is 3.20 bits per heavy atom. The molecule has 1 aromatic carbocycles. The third kappa shape index (κ3) is 1.20. The summed E-state index contributed by atoms with van der Waals surface area (Å²) in [5, 5.41) is 2.82. The molecule has 1 aliphatic heterocycles. The number of aromatic nitrogens is 1. The number of carbonyl (C=O) groups is 1. The molecule has 0 saturated heterocycles. The van der Waals surface area contributed by atoms with Crippen LogP contribution in [0.5, 0.6) is 0 Å². The smallest absolute Gasteiger partial charge is 0.242 e. The molecule has 0 spiro atoms.